The van der Waals surface area contributed by atoms with Crippen molar-refractivity contribution in [3.8, 4) is 11.5 Å². The van der Waals surface area contributed by atoms with E-state index in [2.05, 4.69) is 0 Å². The number of carboxylic acids is 1. The van der Waals surface area contributed by atoms with Crippen LogP contribution in [0.1, 0.15) is 53.7 Å². The fraction of sp³-hybridized carbons (Fsp3) is 0.562. The van der Waals surface area contributed by atoms with Crippen molar-refractivity contribution in [3.05, 3.63) is 22.8 Å². The van der Waals surface area contributed by atoms with Crippen LogP contribution >= 0.6 is 0 Å². The first-order chi connectivity index (χ1) is 10.1. The van der Waals surface area contributed by atoms with E-state index >= 15 is 0 Å². The van der Waals surface area contributed by atoms with Gasteiger partial charge in [-0.2, -0.15) is 0 Å². The molecule has 0 radical (unpaired) electrons. The van der Waals surface area contributed by atoms with Crippen LogP contribution < -0.4 is 15.2 Å². The van der Waals surface area contributed by atoms with E-state index in [0.29, 0.717) is 23.1 Å². The van der Waals surface area contributed by atoms with Gasteiger partial charge in [0.25, 0.3) is 0 Å². The van der Waals surface area contributed by atoms with Gasteiger partial charge in [0.2, 0.25) is 0 Å². The Balaban J connectivity index is 2.23. The first-order valence-electron chi connectivity index (χ1n) is 7.33. The molecule has 3 atom stereocenters. The molecular weight excluding hydrogens is 270 g/mol. The summed E-state index contributed by atoms with van der Waals surface area (Å²) in [6.07, 6.45) is 3.43. The topological polar surface area (TPSA) is 81.8 Å². The highest BCUT2D eigenvalue weighted by Gasteiger charge is 2.43. The van der Waals surface area contributed by atoms with Crippen LogP contribution in [-0.4, -0.2) is 31.8 Å². The standard InChI is InChI=1S/C16H21NO4/c1-20-12-6-10(11(7-17)16(18)19)15(21-2)14-9-4-3-8(5-9)13(12)14/h6,8-9,11H,3-5,7,17H2,1-2H3,(H,18,19). The van der Waals surface area contributed by atoms with E-state index in [1.807, 2.05) is 6.07 Å². The van der Waals surface area contributed by atoms with Gasteiger partial charge in [-0.05, 0) is 37.2 Å². The summed E-state index contributed by atoms with van der Waals surface area (Å²) in [6.45, 7) is 0.0434. The first-order valence-corrected chi connectivity index (χ1v) is 7.33. The van der Waals surface area contributed by atoms with E-state index in [0.717, 1.165) is 24.2 Å². The number of rotatable bonds is 5. The molecule has 5 nitrogen and oxygen atoms in total. The van der Waals surface area contributed by atoms with Crippen molar-refractivity contribution in [3.63, 3.8) is 0 Å². The van der Waals surface area contributed by atoms with Gasteiger partial charge < -0.3 is 20.3 Å². The number of nitrogens with two attached hydrogens (primary N) is 1. The summed E-state index contributed by atoms with van der Waals surface area (Å²) < 4.78 is 11.1. The number of methoxy groups -OCH3 is 2. The van der Waals surface area contributed by atoms with Crippen molar-refractivity contribution in [2.45, 2.75) is 37.0 Å². The van der Waals surface area contributed by atoms with E-state index in [-0.39, 0.29) is 6.54 Å². The van der Waals surface area contributed by atoms with Gasteiger partial charge in [0.15, 0.2) is 0 Å². The number of carbonyl (C=O) groups is 1. The molecule has 1 aromatic rings. The molecule has 1 fully saturated rings. The molecule has 3 rings (SSSR count). The molecule has 21 heavy (non-hydrogen) atoms. The zero-order chi connectivity index (χ0) is 15.1. The van der Waals surface area contributed by atoms with Crippen LogP contribution in [0.15, 0.2) is 6.07 Å². The number of hydrogen-bond donors (Lipinski definition) is 2. The zero-order valence-corrected chi connectivity index (χ0v) is 12.4. The second-order valence-electron chi connectivity index (χ2n) is 5.86. The van der Waals surface area contributed by atoms with Crippen molar-refractivity contribution in [2.24, 2.45) is 5.73 Å². The molecule has 0 aromatic heterocycles. The molecule has 3 N–H and O–H groups in total. The summed E-state index contributed by atoms with van der Waals surface area (Å²) >= 11 is 0. The Morgan fingerprint density at radius 2 is 2.00 bits per heavy atom. The van der Waals surface area contributed by atoms with Crippen molar-refractivity contribution in [1.29, 1.82) is 0 Å². The maximum Gasteiger partial charge on any atom is 0.312 e. The molecule has 0 aliphatic heterocycles. The monoisotopic (exact) mass is 291 g/mol. The quantitative estimate of drug-likeness (QED) is 0.869. The van der Waals surface area contributed by atoms with Crippen LogP contribution in [0.4, 0.5) is 0 Å². The molecule has 1 aromatic carbocycles. The van der Waals surface area contributed by atoms with Gasteiger partial charge in [0.1, 0.15) is 11.5 Å². The largest absolute Gasteiger partial charge is 0.496 e. The molecule has 3 unspecified atom stereocenters. The minimum Gasteiger partial charge on any atom is -0.496 e. The summed E-state index contributed by atoms with van der Waals surface area (Å²) in [5.41, 5.74) is 8.67. The third-order valence-corrected chi connectivity index (χ3v) is 4.93. The smallest absolute Gasteiger partial charge is 0.312 e. The fourth-order valence-corrected chi connectivity index (χ4v) is 4.04. The normalized spacial score (nSPS) is 23.8. The van der Waals surface area contributed by atoms with E-state index < -0.39 is 11.9 Å². The molecule has 1 saturated carbocycles. The van der Waals surface area contributed by atoms with Gasteiger partial charge in [-0.3, -0.25) is 4.79 Å². The molecule has 2 bridgehead atoms. The Bertz CT molecular complexity index is 584. The van der Waals surface area contributed by atoms with Crippen molar-refractivity contribution >= 4 is 5.97 Å². The summed E-state index contributed by atoms with van der Waals surface area (Å²) in [4.78, 5) is 11.5. The minimum absolute atomic E-state index is 0.0434. The maximum atomic E-state index is 11.5. The van der Waals surface area contributed by atoms with E-state index in [9.17, 15) is 9.90 Å². The highest BCUT2D eigenvalue weighted by atomic mass is 16.5. The molecule has 2 aliphatic rings. The number of carboxylic acid groups (broad SMARTS) is 1. The second-order valence-corrected chi connectivity index (χ2v) is 5.86. The van der Waals surface area contributed by atoms with Crippen molar-refractivity contribution < 1.29 is 19.4 Å². The lowest BCUT2D eigenvalue weighted by atomic mass is 9.85. The van der Waals surface area contributed by atoms with Gasteiger partial charge in [-0.1, -0.05) is 0 Å². The third kappa shape index (κ3) is 1.99. The number of hydrogen-bond acceptors (Lipinski definition) is 4. The molecule has 0 heterocycles. The Morgan fingerprint density at radius 1 is 1.33 bits per heavy atom. The van der Waals surface area contributed by atoms with E-state index in [1.54, 1.807) is 14.2 Å². The summed E-state index contributed by atoms with van der Waals surface area (Å²) in [6, 6.07) is 1.81. The summed E-state index contributed by atoms with van der Waals surface area (Å²) in [5.74, 6) is 0.771. The molecule has 2 aliphatic carbocycles. The predicted octanol–water partition coefficient (Wildman–Crippen LogP) is 2.20. The molecule has 0 spiro atoms. The third-order valence-electron chi connectivity index (χ3n) is 4.93. The highest BCUT2D eigenvalue weighted by Crippen LogP contribution is 2.60. The fourth-order valence-electron chi connectivity index (χ4n) is 4.04. The van der Waals surface area contributed by atoms with Gasteiger partial charge in [-0.25, -0.2) is 0 Å². The van der Waals surface area contributed by atoms with Crippen molar-refractivity contribution in [1.82, 2.24) is 0 Å². The van der Waals surface area contributed by atoms with Crippen LogP contribution in [0.25, 0.3) is 0 Å². The first kappa shape index (κ1) is 14.2. The number of benzene rings is 1. The Hall–Kier alpha value is -1.75. The average Bonchev–Trinajstić information content (AvgIpc) is 3.08. The lowest BCUT2D eigenvalue weighted by Crippen LogP contribution is -2.22. The van der Waals surface area contributed by atoms with Crippen LogP contribution in [-0.2, 0) is 4.79 Å². The lowest BCUT2D eigenvalue weighted by molar-refractivity contribution is -0.138. The van der Waals surface area contributed by atoms with Crippen LogP contribution in [0.2, 0.25) is 0 Å². The second kappa shape index (κ2) is 5.22. The molecule has 0 saturated heterocycles. The maximum absolute atomic E-state index is 11.5. The summed E-state index contributed by atoms with van der Waals surface area (Å²) in [7, 11) is 3.24. The minimum atomic E-state index is -0.930. The Morgan fingerprint density at radius 3 is 2.52 bits per heavy atom. The average molecular weight is 291 g/mol. The molecule has 5 heteroatoms. The number of aliphatic carboxylic acids is 1. The number of ether oxygens (including phenoxy) is 2. The van der Waals surface area contributed by atoms with E-state index in [1.165, 1.54) is 12.0 Å². The summed E-state index contributed by atoms with van der Waals surface area (Å²) in [5, 5.41) is 9.41. The Kier molecular flexibility index (Phi) is 3.53. The SMILES string of the molecule is COc1cc(C(CN)C(=O)O)c(OC)c2c1C1CCC2C1. The Labute approximate surface area is 124 Å². The molecule has 0 amide bonds. The predicted molar refractivity (Wildman–Crippen MR) is 78.3 cm³/mol. The molecular formula is C16H21NO4. The van der Waals surface area contributed by atoms with Crippen molar-refractivity contribution in [2.75, 3.05) is 20.8 Å². The lowest BCUT2D eigenvalue weighted by Gasteiger charge is -2.25. The van der Waals surface area contributed by atoms with E-state index in [4.69, 9.17) is 15.2 Å². The van der Waals surface area contributed by atoms with Gasteiger partial charge in [-0.15, -0.1) is 0 Å². The van der Waals surface area contributed by atoms with Crippen LogP contribution in [0.5, 0.6) is 11.5 Å². The van der Waals surface area contributed by atoms with Gasteiger partial charge in [0, 0.05) is 23.2 Å². The molecule has 114 valence electrons. The van der Waals surface area contributed by atoms with Gasteiger partial charge >= 0.3 is 5.97 Å². The zero-order valence-electron chi connectivity index (χ0n) is 12.4. The van der Waals surface area contributed by atoms with Crippen LogP contribution in [0, 0.1) is 0 Å². The van der Waals surface area contributed by atoms with Gasteiger partial charge in [0.05, 0.1) is 20.1 Å². The number of fused-ring (bicyclic) bond motifs is 5. The highest BCUT2D eigenvalue weighted by molar-refractivity contribution is 5.79. The van der Waals surface area contributed by atoms with Crippen LogP contribution in [0.3, 0.4) is 0 Å².